The third kappa shape index (κ3) is 2.15. The fourth-order valence-electron chi connectivity index (χ4n) is 9.04. The van der Waals surface area contributed by atoms with Gasteiger partial charge in [-0.1, -0.05) is 19.9 Å². The number of ether oxygens (including phenoxy) is 2. The Hall–Kier alpha value is -2.58. The lowest BCUT2D eigenvalue weighted by molar-refractivity contribution is -0.206. The first-order valence-corrected chi connectivity index (χ1v) is 13.0. The smallest absolute Gasteiger partial charge is 0.246 e. The molecule has 36 heavy (non-hydrogen) atoms. The molecule has 1 aromatic carbocycles. The molecule has 8 heteroatoms. The highest BCUT2D eigenvalue weighted by atomic mass is 16.5. The van der Waals surface area contributed by atoms with Crippen LogP contribution in [-0.2, 0) is 15.0 Å². The number of nitrogens with zero attached hydrogens (tertiary/aromatic N) is 2. The monoisotopic (exact) mass is 493 g/mol. The van der Waals surface area contributed by atoms with Gasteiger partial charge in [0.25, 0.3) is 0 Å². The van der Waals surface area contributed by atoms with Crippen LogP contribution in [0.1, 0.15) is 59.4 Å². The summed E-state index contributed by atoms with van der Waals surface area (Å²) in [6.07, 6.45) is 5.16. The molecular weight excluding hydrogens is 458 g/mol. The average molecular weight is 494 g/mol. The summed E-state index contributed by atoms with van der Waals surface area (Å²) in [5.41, 5.74) is -2.82. The van der Waals surface area contributed by atoms with Crippen LogP contribution in [0.3, 0.4) is 0 Å². The zero-order chi connectivity index (χ0) is 25.7. The summed E-state index contributed by atoms with van der Waals surface area (Å²) in [5, 5.41) is 14.7. The minimum Gasteiger partial charge on any atom is -0.480 e. The van der Waals surface area contributed by atoms with Crippen molar-refractivity contribution in [3.05, 3.63) is 30.0 Å². The van der Waals surface area contributed by atoms with Gasteiger partial charge in [0.2, 0.25) is 11.8 Å². The van der Waals surface area contributed by atoms with Crippen LogP contribution < -0.4 is 14.8 Å². The van der Waals surface area contributed by atoms with Crippen molar-refractivity contribution in [3.63, 3.8) is 0 Å². The molecule has 4 saturated heterocycles. The third-order valence-electron chi connectivity index (χ3n) is 11.0. The number of hydrogen-bond donors (Lipinski definition) is 2. The Bertz CT molecular complexity index is 1280. The quantitative estimate of drug-likeness (QED) is 0.578. The van der Waals surface area contributed by atoms with Crippen LogP contribution in [-0.4, -0.2) is 69.1 Å². The highest BCUT2D eigenvalue weighted by molar-refractivity contribution is 6.09. The third-order valence-corrected chi connectivity index (χ3v) is 11.0. The van der Waals surface area contributed by atoms with Gasteiger partial charge in [-0.25, -0.2) is 0 Å². The van der Waals surface area contributed by atoms with E-state index in [1.54, 1.807) is 6.26 Å². The summed E-state index contributed by atoms with van der Waals surface area (Å²) in [6.45, 7) is 11.5. The van der Waals surface area contributed by atoms with Gasteiger partial charge in [-0.3, -0.25) is 14.5 Å². The highest BCUT2D eigenvalue weighted by Gasteiger charge is 2.82. The Kier molecular flexibility index (Phi) is 3.83. The minimum atomic E-state index is -1.10. The number of fused-ring (bicyclic) bond motifs is 5. The molecule has 0 aromatic heterocycles. The van der Waals surface area contributed by atoms with Crippen molar-refractivity contribution in [1.82, 2.24) is 9.80 Å². The number of anilines is 1. The molecule has 0 unspecified atom stereocenters. The second kappa shape index (κ2) is 6.10. The molecular formula is C28H35N3O5. The molecule has 5 fully saturated rings. The maximum absolute atomic E-state index is 14.2. The molecule has 7 aliphatic rings. The van der Waals surface area contributed by atoms with Gasteiger partial charge in [0.05, 0.1) is 28.5 Å². The summed E-state index contributed by atoms with van der Waals surface area (Å²) in [7, 11) is 1.88. The highest BCUT2D eigenvalue weighted by Crippen LogP contribution is 2.73. The Morgan fingerprint density at radius 1 is 1.14 bits per heavy atom. The Morgan fingerprint density at radius 3 is 2.64 bits per heavy atom. The summed E-state index contributed by atoms with van der Waals surface area (Å²) >= 11 is 0. The SMILES string of the molecule is CN1C(=O)[C@@]23C[C@H]4C(C)(C)[C@@]5(C[C@@]41CN2CC[C@]3(C)O)C(=O)Nc1c5ccc2c1OC=CC(C)(C)O2. The lowest BCUT2D eigenvalue weighted by Gasteiger charge is -2.65. The summed E-state index contributed by atoms with van der Waals surface area (Å²) in [6, 6.07) is 3.92. The van der Waals surface area contributed by atoms with Gasteiger partial charge < -0.3 is 24.8 Å². The van der Waals surface area contributed by atoms with Gasteiger partial charge >= 0.3 is 0 Å². The maximum Gasteiger partial charge on any atom is 0.246 e. The zero-order valence-corrected chi connectivity index (χ0v) is 21.9. The van der Waals surface area contributed by atoms with Gasteiger partial charge in [-0.05, 0) is 69.1 Å². The number of rotatable bonds is 0. The first-order chi connectivity index (χ1) is 16.7. The normalized spacial score (nSPS) is 42.9. The predicted octanol–water partition coefficient (Wildman–Crippen LogP) is 2.80. The molecule has 2 amide bonds. The van der Waals surface area contributed by atoms with E-state index < -0.39 is 33.1 Å². The number of piperazine rings is 1. The van der Waals surface area contributed by atoms with E-state index in [2.05, 4.69) is 24.1 Å². The maximum atomic E-state index is 14.2. The van der Waals surface area contributed by atoms with Crippen molar-refractivity contribution in [2.45, 2.75) is 81.6 Å². The van der Waals surface area contributed by atoms with E-state index in [1.165, 1.54) is 0 Å². The first-order valence-electron chi connectivity index (χ1n) is 13.0. The number of piperidine rings is 2. The van der Waals surface area contributed by atoms with E-state index in [9.17, 15) is 14.7 Å². The van der Waals surface area contributed by atoms with Crippen LogP contribution >= 0.6 is 0 Å². The number of nitrogens with one attached hydrogen (secondary N) is 1. The molecule has 1 saturated carbocycles. The van der Waals surface area contributed by atoms with Crippen molar-refractivity contribution in [2.24, 2.45) is 11.3 Å². The summed E-state index contributed by atoms with van der Waals surface area (Å²) in [5.74, 6) is 1.10. The summed E-state index contributed by atoms with van der Waals surface area (Å²) in [4.78, 5) is 32.2. The Balaban J connectivity index is 1.42. The van der Waals surface area contributed by atoms with Crippen LogP contribution in [0.25, 0.3) is 0 Å². The lowest BCUT2D eigenvalue weighted by atomic mass is 9.55. The number of carbonyl (C=O) groups is 2. The van der Waals surface area contributed by atoms with E-state index in [4.69, 9.17) is 9.47 Å². The van der Waals surface area contributed by atoms with Crippen molar-refractivity contribution in [3.8, 4) is 11.5 Å². The van der Waals surface area contributed by atoms with Crippen LogP contribution in [0.4, 0.5) is 5.69 Å². The van der Waals surface area contributed by atoms with E-state index in [0.29, 0.717) is 49.5 Å². The largest absolute Gasteiger partial charge is 0.480 e. The van der Waals surface area contributed by atoms with Crippen molar-refractivity contribution in [1.29, 1.82) is 0 Å². The molecule has 2 bridgehead atoms. The Labute approximate surface area is 211 Å². The molecule has 6 aliphatic heterocycles. The van der Waals surface area contributed by atoms with Crippen LogP contribution in [0.5, 0.6) is 11.5 Å². The topological polar surface area (TPSA) is 91.3 Å². The predicted molar refractivity (Wildman–Crippen MR) is 133 cm³/mol. The molecule has 1 aromatic rings. The van der Waals surface area contributed by atoms with E-state index >= 15 is 0 Å². The summed E-state index contributed by atoms with van der Waals surface area (Å²) < 4.78 is 12.2. The number of amides is 2. The van der Waals surface area contributed by atoms with Crippen molar-refractivity contribution in [2.75, 3.05) is 25.5 Å². The number of benzene rings is 1. The molecule has 8 rings (SSSR count). The van der Waals surface area contributed by atoms with E-state index in [1.807, 2.05) is 50.9 Å². The zero-order valence-electron chi connectivity index (χ0n) is 21.9. The number of hydrogen-bond acceptors (Lipinski definition) is 6. The molecule has 2 N–H and O–H groups in total. The number of carbonyl (C=O) groups excluding carboxylic acids is 2. The fraction of sp³-hybridized carbons (Fsp3) is 0.643. The van der Waals surface area contributed by atoms with E-state index in [0.717, 1.165) is 5.56 Å². The van der Waals surface area contributed by atoms with Gasteiger partial charge in [0.1, 0.15) is 11.1 Å². The molecule has 5 atom stereocenters. The van der Waals surface area contributed by atoms with Gasteiger partial charge in [0.15, 0.2) is 11.5 Å². The molecule has 6 heterocycles. The van der Waals surface area contributed by atoms with Gasteiger partial charge in [0, 0.05) is 20.1 Å². The lowest BCUT2D eigenvalue weighted by Crippen LogP contribution is -2.82. The van der Waals surface area contributed by atoms with Gasteiger partial charge in [-0.15, -0.1) is 0 Å². The molecule has 0 radical (unpaired) electrons. The second-order valence-corrected chi connectivity index (χ2v) is 13.2. The van der Waals surface area contributed by atoms with Crippen molar-refractivity contribution < 1.29 is 24.2 Å². The number of likely N-dealkylation sites (N-methyl/N-ethyl adjacent to an activating group) is 1. The van der Waals surface area contributed by atoms with E-state index in [-0.39, 0.29) is 17.7 Å². The second-order valence-electron chi connectivity index (χ2n) is 13.2. The van der Waals surface area contributed by atoms with Gasteiger partial charge in [-0.2, -0.15) is 0 Å². The Morgan fingerprint density at radius 2 is 1.89 bits per heavy atom. The fourth-order valence-corrected chi connectivity index (χ4v) is 9.04. The molecule has 192 valence electrons. The minimum absolute atomic E-state index is 0.00925. The average Bonchev–Trinajstić information content (AvgIpc) is 3.25. The van der Waals surface area contributed by atoms with Crippen LogP contribution in [0.15, 0.2) is 24.5 Å². The standard InChI is InChI=1S/C28H35N3O5/c1-23(2)10-12-35-20-17(36-23)8-7-16-19(20)29-21(32)27(16)14-26-15-31-11-9-25(5,34)28(31,22(33)30(26)6)13-18(26)24(27,3)4/h7-8,10,12,18,34H,9,11,13-15H2,1-6H3,(H,29,32)/t18-,25-,26+,27+,28+/m0/s1. The molecule has 3 spiro atoms. The van der Waals surface area contributed by atoms with Crippen molar-refractivity contribution >= 4 is 17.5 Å². The molecule has 1 aliphatic carbocycles. The van der Waals surface area contributed by atoms with Crippen LogP contribution in [0.2, 0.25) is 0 Å². The van der Waals surface area contributed by atoms with Crippen LogP contribution in [0, 0.1) is 11.3 Å². The first kappa shape index (κ1) is 22.6. The molecule has 8 nitrogen and oxygen atoms in total. The number of aliphatic hydroxyl groups is 1.